The van der Waals surface area contributed by atoms with Crippen LogP contribution in [-0.2, 0) is 11.4 Å². The smallest absolute Gasteiger partial charge is 0.263 e. The van der Waals surface area contributed by atoms with Gasteiger partial charge in [-0.1, -0.05) is 72.5 Å². The molecule has 1 N–H and O–H groups in total. The van der Waals surface area contributed by atoms with Gasteiger partial charge in [-0.05, 0) is 24.1 Å². The number of hydrogen-bond donors (Lipinski definition) is 1. The van der Waals surface area contributed by atoms with Crippen LogP contribution in [0.5, 0.6) is 5.75 Å². The van der Waals surface area contributed by atoms with E-state index in [1.807, 2.05) is 61.5 Å². The Morgan fingerprint density at radius 1 is 1.13 bits per heavy atom. The van der Waals surface area contributed by atoms with Crippen LogP contribution < -0.4 is 10.1 Å². The van der Waals surface area contributed by atoms with Gasteiger partial charge in [0.1, 0.15) is 16.7 Å². The van der Waals surface area contributed by atoms with Gasteiger partial charge in [-0.2, -0.15) is 0 Å². The fraction of sp³-hybridized carbons (Fsp3) is 0.111. The van der Waals surface area contributed by atoms with Crippen molar-refractivity contribution in [2.24, 2.45) is 0 Å². The third-order valence-electron chi connectivity index (χ3n) is 3.49. The van der Waals surface area contributed by atoms with Crippen molar-refractivity contribution in [3.63, 3.8) is 0 Å². The fourth-order valence-corrected chi connectivity index (χ4v) is 3.40. The summed E-state index contributed by atoms with van der Waals surface area (Å²) in [7, 11) is 0. The van der Waals surface area contributed by atoms with Crippen molar-refractivity contribution < 1.29 is 9.53 Å². The third-order valence-corrected chi connectivity index (χ3v) is 4.82. The van der Waals surface area contributed by atoms with Crippen LogP contribution in [0.1, 0.15) is 18.1 Å². The van der Waals surface area contributed by atoms with Crippen LogP contribution in [-0.4, -0.2) is 10.2 Å². The van der Waals surface area contributed by atoms with Crippen molar-refractivity contribution >= 4 is 39.8 Å². The van der Waals surface area contributed by atoms with Crippen molar-refractivity contribution in [3.05, 3.63) is 70.6 Å². The highest BCUT2D eigenvalue weighted by Crippen LogP contribution is 2.35. The molecule has 0 unspecified atom stereocenters. The highest BCUT2D eigenvalue weighted by molar-refractivity contribution is 8.26. The zero-order valence-electron chi connectivity index (χ0n) is 12.5. The summed E-state index contributed by atoms with van der Waals surface area (Å²) in [6, 6.07) is 17.7. The molecule has 1 aliphatic rings. The van der Waals surface area contributed by atoms with Gasteiger partial charge < -0.3 is 10.1 Å². The predicted molar refractivity (Wildman–Crippen MR) is 98.1 cm³/mol. The van der Waals surface area contributed by atoms with Crippen molar-refractivity contribution in [1.82, 2.24) is 5.32 Å². The van der Waals surface area contributed by atoms with Crippen molar-refractivity contribution in [1.29, 1.82) is 0 Å². The SMILES string of the molecule is C/C(=C1\SC(=S)NC1=O)c1ccccc1OCc1ccccc1. The van der Waals surface area contributed by atoms with E-state index >= 15 is 0 Å². The Balaban J connectivity index is 1.88. The summed E-state index contributed by atoms with van der Waals surface area (Å²) in [5, 5.41) is 2.65. The van der Waals surface area contributed by atoms with Crippen LogP contribution in [0.3, 0.4) is 0 Å². The number of allylic oxidation sites excluding steroid dienone is 1. The summed E-state index contributed by atoms with van der Waals surface area (Å²) in [5.41, 5.74) is 2.88. The summed E-state index contributed by atoms with van der Waals surface area (Å²) in [6.07, 6.45) is 0. The first-order chi connectivity index (χ1) is 11.1. The second-order valence-corrected chi connectivity index (χ2v) is 6.76. The Hall–Kier alpha value is -2.11. The number of amides is 1. The number of carbonyl (C=O) groups excluding carboxylic acids is 1. The lowest BCUT2D eigenvalue weighted by molar-refractivity contribution is -0.115. The molecule has 3 nitrogen and oxygen atoms in total. The quantitative estimate of drug-likeness (QED) is 0.670. The lowest BCUT2D eigenvalue weighted by atomic mass is 10.1. The number of ether oxygens (including phenoxy) is 1. The minimum Gasteiger partial charge on any atom is -0.488 e. The zero-order valence-corrected chi connectivity index (χ0v) is 14.2. The first-order valence-corrected chi connectivity index (χ1v) is 8.38. The molecule has 0 radical (unpaired) electrons. The lowest BCUT2D eigenvalue weighted by Crippen LogP contribution is -2.18. The topological polar surface area (TPSA) is 38.3 Å². The Bertz CT molecular complexity index is 785. The molecule has 1 amide bonds. The molecule has 0 aromatic heterocycles. The van der Waals surface area contributed by atoms with E-state index in [1.165, 1.54) is 11.8 Å². The molecule has 0 saturated carbocycles. The average molecular weight is 341 g/mol. The normalized spacial score (nSPS) is 16.2. The molecule has 3 rings (SSSR count). The molecule has 1 saturated heterocycles. The van der Waals surface area contributed by atoms with E-state index in [1.54, 1.807) is 0 Å². The maximum absolute atomic E-state index is 12.0. The Kier molecular flexibility index (Phi) is 4.79. The molecule has 1 aliphatic heterocycles. The second kappa shape index (κ2) is 6.98. The van der Waals surface area contributed by atoms with Crippen LogP contribution in [0.25, 0.3) is 5.57 Å². The fourth-order valence-electron chi connectivity index (χ4n) is 2.32. The third kappa shape index (κ3) is 3.63. The first kappa shape index (κ1) is 15.8. The molecular weight excluding hydrogens is 326 g/mol. The predicted octanol–water partition coefficient (Wildman–Crippen LogP) is 4.14. The zero-order chi connectivity index (χ0) is 16.2. The highest BCUT2D eigenvalue weighted by Gasteiger charge is 2.25. The van der Waals surface area contributed by atoms with Crippen LogP contribution in [0.2, 0.25) is 0 Å². The summed E-state index contributed by atoms with van der Waals surface area (Å²) in [5.74, 6) is 0.614. The van der Waals surface area contributed by atoms with Crippen molar-refractivity contribution in [2.45, 2.75) is 13.5 Å². The molecule has 2 aromatic rings. The summed E-state index contributed by atoms with van der Waals surface area (Å²) >= 11 is 6.35. The molecule has 0 spiro atoms. The van der Waals surface area contributed by atoms with Gasteiger partial charge in [-0.25, -0.2) is 0 Å². The molecule has 116 valence electrons. The van der Waals surface area contributed by atoms with Gasteiger partial charge in [0, 0.05) is 5.56 Å². The van der Waals surface area contributed by atoms with Gasteiger partial charge in [0.05, 0.1) is 4.91 Å². The van der Waals surface area contributed by atoms with Gasteiger partial charge in [0.15, 0.2) is 0 Å². The van der Waals surface area contributed by atoms with Gasteiger partial charge in [0.25, 0.3) is 5.91 Å². The van der Waals surface area contributed by atoms with E-state index in [0.29, 0.717) is 15.8 Å². The number of thioether (sulfide) groups is 1. The summed E-state index contributed by atoms with van der Waals surface area (Å²) < 4.78 is 6.45. The van der Waals surface area contributed by atoms with E-state index in [0.717, 1.165) is 22.4 Å². The number of thiocarbonyl (C=S) groups is 1. The monoisotopic (exact) mass is 341 g/mol. The van der Waals surface area contributed by atoms with E-state index in [2.05, 4.69) is 5.32 Å². The molecule has 2 aromatic carbocycles. The largest absolute Gasteiger partial charge is 0.488 e. The molecule has 1 heterocycles. The highest BCUT2D eigenvalue weighted by atomic mass is 32.2. The molecule has 0 bridgehead atoms. The van der Waals surface area contributed by atoms with Gasteiger partial charge in [0.2, 0.25) is 0 Å². The lowest BCUT2D eigenvalue weighted by Gasteiger charge is -2.13. The van der Waals surface area contributed by atoms with E-state index in [-0.39, 0.29) is 5.91 Å². The van der Waals surface area contributed by atoms with Crippen LogP contribution in [0.15, 0.2) is 59.5 Å². The van der Waals surface area contributed by atoms with Gasteiger partial charge in [-0.3, -0.25) is 4.79 Å². The van der Waals surface area contributed by atoms with Gasteiger partial charge >= 0.3 is 0 Å². The second-order valence-electron chi connectivity index (χ2n) is 5.07. The maximum atomic E-state index is 12.0. The number of benzene rings is 2. The minimum atomic E-state index is -0.143. The molecule has 0 atom stereocenters. The number of carbonyl (C=O) groups is 1. The van der Waals surface area contributed by atoms with E-state index in [9.17, 15) is 4.79 Å². The summed E-state index contributed by atoms with van der Waals surface area (Å²) in [4.78, 5) is 12.6. The molecule has 23 heavy (non-hydrogen) atoms. The standard InChI is InChI=1S/C18H15NO2S2/c1-12(16-17(20)19-18(22)23-16)14-9-5-6-10-15(14)21-11-13-7-3-2-4-8-13/h2-10H,11H2,1H3,(H,19,20,22)/b16-12+. The minimum absolute atomic E-state index is 0.143. The summed E-state index contributed by atoms with van der Waals surface area (Å²) in [6.45, 7) is 2.40. The number of para-hydroxylation sites is 1. The number of hydrogen-bond acceptors (Lipinski definition) is 4. The van der Waals surface area contributed by atoms with Crippen LogP contribution in [0, 0.1) is 0 Å². The Labute approximate surface area is 144 Å². The van der Waals surface area contributed by atoms with E-state index in [4.69, 9.17) is 17.0 Å². The maximum Gasteiger partial charge on any atom is 0.263 e. The number of nitrogens with one attached hydrogen (secondary N) is 1. The van der Waals surface area contributed by atoms with E-state index < -0.39 is 0 Å². The average Bonchev–Trinajstić information content (AvgIpc) is 2.92. The molecular formula is C18H15NO2S2. The van der Waals surface area contributed by atoms with Gasteiger partial charge in [-0.15, -0.1) is 0 Å². The Morgan fingerprint density at radius 2 is 1.83 bits per heavy atom. The van der Waals surface area contributed by atoms with Crippen molar-refractivity contribution in [2.75, 3.05) is 0 Å². The first-order valence-electron chi connectivity index (χ1n) is 7.15. The molecule has 0 aliphatic carbocycles. The number of rotatable bonds is 4. The van der Waals surface area contributed by atoms with Crippen molar-refractivity contribution in [3.8, 4) is 5.75 Å². The van der Waals surface area contributed by atoms with Crippen LogP contribution >= 0.6 is 24.0 Å². The molecule has 1 fully saturated rings. The Morgan fingerprint density at radius 3 is 2.52 bits per heavy atom. The van der Waals surface area contributed by atoms with Crippen LogP contribution in [0.4, 0.5) is 0 Å². The molecule has 5 heteroatoms.